The average Bonchev–Trinajstić information content (AvgIpc) is 2.91. The van der Waals surface area contributed by atoms with Crippen LogP contribution in [-0.4, -0.2) is 43.1 Å². The summed E-state index contributed by atoms with van der Waals surface area (Å²) in [5.41, 5.74) is 1.11. The fourth-order valence-corrected chi connectivity index (χ4v) is 2.79. The molecule has 0 N–H and O–H groups in total. The van der Waals surface area contributed by atoms with Gasteiger partial charge >= 0.3 is 11.9 Å². The number of methoxy groups -OCH3 is 1. The van der Waals surface area contributed by atoms with Crippen LogP contribution in [0, 0.1) is 5.92 Å². The van der Waals surface area contributed by atoms with E-state index in [2.05, 4.69) is 0 Å². The molecule has 0 aromatic heterocycles. The first-order chi connectivity index (χ1) is 10.2. The van der Waals surface area contributed by atoms with Crippen LogP contribution >= 0.6 is 0 Å². The topological polar surface area (TPSA) is 55.8 Å². The van der Waals surface area contributed by atoms with Crippen LogP contribution in [0.5, 0.6) is 0 Å². The normalized spacial score (nSPS) is 22.0. The summed E-state index contributed by atoms with van der Waals surface area (Å²) < 4.78 is 9.95. The van der Waals surface area contributed by atoms with Gasteiger partial charge in [0, 0.05) is 13.1 Å². The molecular formula is C16H21NO4. The number of nitrogens with zero attached hydrogens (tertiary/aromatic N) is 1. The van der Waals surface area contributed by atoms with Crippen LogP contribution in [0.4, 0.5) is 0 Å². The van der Waals surface area contributed by atoms with E-state index in [0.717, 1.165) is 5.56 Å². The van der Waals surface area contributed by atoms with Crippen molar-refractivity contribution in [2.24, 2.45) is 5.92 Å². The van der Waals surface area contributed by atoms with Crippen LogP contribution in [-0.2, 0) is 25.6 Å². The highest BCUT2D eigenvalue weighted by molar-refractivity contribution is 5.85. The Morgan fingerprint density at radius 1 is 1.24 bits per heavy atom. The van der Waals surface area contributed by atoms with Gasteiger partial charge in [-0.3, -0.25) is 14.5 Å². The number of likely N-dealkylation sites (tertiary alicyclic amines) is 1. The third kappa shape index (κ3) is 3.61. The number of carbonyl (C=O) groups excluding carboxylic acids is 2. The van der Waals surface area contributed by atoms with Crippen LogP contribution in [0.3, 0.4) is 0 Å². The summed E-state index contributed by atoms with van der Waals surface area (Å²) in [7, 11) is 1.35. The third-order valence-corrected chi connectivity index (χ3v) is 3.76. The Morgan fingerprint density at radius 3 is 2.57 bits per heavy atom. The van der Waals surface area contributed by atoms with Crippen molar-refractivity contribution in [2.75, 3.05) is 20.3 Å². The van der Waals surface area contributed by atoms with E-state index in [-0.39, 0.29) is 11.9 Å². The molecule has 0 spiro atoms. The Bertz CT molecular complexity index is 488. The number of esters is 2. The fourth-order valence-electron chi connectivity index (χ4n) is 2.79. The maximum atomic E-state index is 12.2. The molecule has 21 heavy (non-hydrogen) atoms. The lowest BCUT2D eigenvalue weighted by atomic mass is 10.0. The summed E-state index contributed by atoms with van der Waals surface area (Å²) in [5.74, 6) is -1.14. The number of hydrogen-bond acceptors (Lipinski definition) is 5. The molecule has 1 aromatic carbocycles. The molecule has 1 fully saturated rings. The molecule has 1 aliphatic heterocycles. The summed E-state index contributed by atoms with van der Waals surface area (Å²) in [4.78, 5) is 26.1. The fraction of sp³-hybridized carbons (Fsp3) is 0.500. The molecule has 5 heteroatoms. The van der Waals surface area contributed by atoms with Gasteiger partial charge in [-0.2, -0.15) is 0 Å². The molecule has 0 bridgehead atoms. The molecule has 0 aliphatic carbocycles. The minimum atomic E-state index is -0.558. The standard InChI is InChI=1S/C16H21NO4/c1-3-21-16(19)14-13(15(18)20-2)9-10-17(14)11-12-7-5-4-6-8-12/h4-8,13-14H,3,9-11H2,1-2H3. The Balaban J connectivity index is 2.15. The number of rotatable bonds is 5. The summed E-state index contributed by atoms with van der Waals surface area (Å²) in [6, 6.07) is 9.33. The number of benzene rings is 1. The molecule has 114 valence electrons. The van der Waals surface area contributed by atoms with Crippen molar-refractivity contribution >= 4 is 11.9 Å². The first kappa shape index (κ1) is 15.5. The maximum absolute atomic E-state index is 12.2. The number of ether oxygens (including phenoxy) is 2. The van der Waals surface area contributed by atoms with E-state index in [0.29, 0.717) is 26.1 Å². The molecule has 2 rings (SSSR count). The van der Waals surface area contributed by atoms with Gasteiger partial charge < -0.3 is 9.47 Å². The van der Waals surface area contributed by atoms with E-state index in [4.69, 9.17) is 9.47 Å². The van der Waals surface area contributed by atoms with Gasteiger partial charge in [-0.25, -0.2) is 0 Å². The predicted molar refractivity (Wildman–Crippen MR) is 77.4 cm³/mol. The van der Waals surface area contributed by atoms with Crippen LogP contribution in [0.2, 0.25) is 0 Å². The van der Waals surface area contributed by atoms with Crippen LogP contribution in [0.25, 0.3) is 0 Å². The SMILES string of the molecule is CCOC(=O)C1C(C(=O)OC)CCN1Cc1ccccc1. The van der Waals surface area contributed by atoms with Gasteiger partial charge in [0.15, 0.2) is 0 Å². The molecule has 1 aliphatic rings. The van der Waals surface area contributed by atoms with E-state index >= 15 is 0 Å². The number of hydrogen-bond donors (Lipinski definition) is 0. The Morgan fingerprint density at radius 2 is 1.95 bits per heavy atom. The van der Waals surface area contributed by atoms with Gasteiger partial charge in [0.25, 0.3) is 0 Å². The Hall–Kier alpha value is -1.88. The summed E-state index contributed by atoms with van der Waals surface area (Å²) in [6.45, 7) is 3.37. The molecule has 5 nitrogen and oxygen atoms in total. The maximum Gasteiger partial charge on any atom is 0.324 e. The van der Waals surface area contributed by atoms with Crippen molar-refractivity contribution in [1.82, 2.24) is 4.90 Å². The Kier molecular flexibility index (Phi) is 5.33. The third-order valence-electron chi connectivity index (χ3n) is 3.76. The van der Waals surface area contributed by atoms with E-state index < -0.39 is 12.0 Å². The van der Waals surface area contributed by atoms with E-state index in [1.54, 1.807) is 6.92 Å². The monoisotopic (exact) mass is 291 g/mol. The second-order valence-electron chi connectivity index (χ2n) is 5.07. The highest BCUT2D eigenvalue weighted by Gasteiger charge is 2.44. The minimum Gasteiger partial charge on any atom is -0.469 e. The minimum absolute atomic E-state index is 0.308. The van der Waals surface area contributed by atoms with Crippen molar-refractivity contribution in [1.29, 1.82) is 0 Å². The molecule has 0 saturated carbocycles. The van der Waals surface area contributed by atoms with Gasteiger partial charge in [-0.05, 0) is 18.9 Å². The first-order valence-corrected chi connectivity index (χ1v) is 7.19. The highest BCUT2D eigenvalue weighted by atomic mass is 16.5. The molecule has 1 aromatic rings. The predicted octanol–water partition coefficient (Wildman–Crippen LogP) is 1.61. The molecule has 2 atom stereocenters. The van der Waals surface area contributed by atoms with E-state index in [9.17, 15) is 9.59 Å². The van der Waals surface area contributed by atoms with Gasteiger partial charge in [-0.1, -0.05) is 30.3 Å². The molecular weight excluding hydrogens is 270 g/mol. The van der Waals surface area contributed by atoms with Crippen molar-refractivity contribution in [3.63, 3.8) is 0 Å². The molecule has 0 amide bonds. The zero-order valence-electron chi connectivity index (χ0n) is 12.5. The summed E-state index contributed by atoms with van der Waals surface area (Å²) in [6.07, 6.45) is 0.614. The van der Waals surface area contributed by atoms with Crippen molar-refractivity contribution in [2.45, 2.75) is 25.9 Å². The van der Waals surface area contributed by atoms with Crippen LogP contribution in [0.15, 0.2) is 30.3 Å². The largest absolute Gasteiger partial charge is 0.469 e. The second-order valence-corrected chi connectivity index (χ2v) is 5.07. The highest BCUT2D eigenvalue weighted by Crippen LogP contribution is 2.28. The van der Waals surface area contributed by atoms with Crippen molar-refractivity contribution < 1.29 is 19.1 Å². The van der Waals surface area contributed by atoms with E-state index in [1.165, 1.54) is 7.11 Å². The van der Waals surface area contributed by atoms with Gasteiger partial charge in [0.05, 0.1) is 19.6 Å². The smallest absolute Gasteiger partial charge is 0.324 e. The first-order valence-electron chi connectivity index (χ1n) is 7.19. The van der Waals surface area contributed by atoms with Gasteiger partial charge in [-0.15, -0.1) is 0 Å². The summed E-state index contributed by atoms with van der Waals surface area (Å²) in [5, 5.41) is 0. The lowest BCUT2D eigenvalue weighted by Crippen LogP contribution is -2.43. The lowest BCUT2D eigenvalue weighted by molar-refractivity contribution is -0.157. The molecule has 2 unspecified atom stereocenters. The second kappa shape index (κ2) is 7.22. The average molecular weight is 291 g/mol. The Labute approximate surface area is 124 Å². The van der Waals surface area contributed by atoms with E-state index in [1.807, 2.05) is 35.2 Å². The van der Waals surface area contributed by atoms with Crippen molar-refractivity contribution in [3.05, 3.63) is 35.9 Å². The van der Waals surface area contributed by atoms with Crippen molar-refractivity contribution in [3.8, 4) is 0 Å². The zero-order chi connectivity index (χ0) is 15.2. The molecule has 0 radical (unpaired) electrons. The molecule has 1 saturated heterocycles. The van der Waals surface area contributed by atoms with Crippen LogP contribution in [0.1, 0.15) is 18.9 Å². The quantitative estimate of drug-likeness (QED) is 0.772. The summed E-state index contributed by atoms with van der Waals surface area (Å²) >= 11 is 0. The van der Waals surface area contributed by atoms with Crippen LogP contribution < -0.4 is 0 Å². The number of carbonyl (C=O) groups is 2. The zero-order valence-corrected chi connectivity index (χ0v) is 12.5. The van der Waals surface area contributed by atoms with Gasteiger partial charge in [0.1, 0.15) is 6.04 Å². The lowest BCUT2D eigenvalue weighted by Gasteiger charge is -2.25. The molecule has 1 heterocycles. The van der Waals surface area contributed by atoms with Gasteiger partial charge in [0.2, 0.25) is 0 Å².